The van der Waals surface area contributed by atoms with Crippen LogP contribution >= 0.6 is 0 Å². The summed E-state index contributed by atoms with van der Waals surface area (Å²) >= 11 is 0. The van der Waals surface area contributed by atoms with E-state index in [1.165, 1.54) is 45.1 Å². The van der Waals surface area contributed by atoms with E-state index in [1.807, 2.05) is 0 Å². The molecular weight excluding hydrogens is 174 g/mol. The van der Waals surface area contributed by atoms with E-state index < -0.39 is 0 Å². The largest absolute Gasteiger partial charge is 0.385 e. The van der Waals surface area contributed by atoms with E-state index in [-0.39, 0.29) is 0 Å². The van der Waals surface area contributed by atoms with Gasteiger partial charge in [0.05, 0.1) is 0 Å². The van der Waals surface area contributed by atoms with Gasteiger partial charge in [-0.3, -0.25) is 0 Å². The molecule has 0 radical (unpaired) electrons. The van der Waals surface area contributed by atoms with Crippen LogP contribution < -0.4 is 5.32 Å². The average Bonchev–Trinajstić information content (AvgIpc) is 2.63. The van der Waals surface area contributed by atoms with Gasteiger partial charge in [-0.25, -0.2) is 0 Å². The van der Waals surface area contributed by atoms with Crippen LogP contribution in [0.1, 0.15) is 45.4 Å². The quantitative estimate of drug-likeness (QED) is 0.636. The van der Waals surface area contributed by atoms with Gasteiger partial charge in [-0.1, -0.05) is 13.3 Å². The summed E-state index contributed by atoms with van der Waals surface area (Å²) in [6, 6.07) is 0.798. The molecule has 0 aromatic rings. The van der Waals surface area contributed by atoms with Crippen LogP contribution in [0.2, 0.25) is 0 Å². The molecule has 2 nitrogen and oxygen atoms in total. The minimum Gasteiger partial charge on any atom is -0.385 e. The number of nitrogens with one attached hydrogen (secondary N) is 1. The maximum Gasteiger partial charge on any atom is 0.0462 e. The maximum atomic E-state index is 5.10. The molecule has 1 aliphatic rings. The van der Waals surface area contributed by atoms with E-state index in [0.717, 1.165) is 18.6 Å². The molecule has 0 spiro atoms. The van der Waals surface area contributed by atoms with E-state index in [1.54, 1.807) is 7.11 Å². The van der Waals surface area contributed by atoms with Crippen molar-refractivity contribution in [3.63, 3.8) is 0 Å². The van der Waals surface area contributed by atoms with Gasteiger partial charge in [0.25, 0.3) is 0 Å². The molecule has 0 aromatic heterocycles. The standard InChI is InChI=1S/C12H25NO/c1-3-9-13-12-8-4-6-11(12)7-5-10-14-2/h11-13H,3-10H2,1-2H3. The van der Waals surface area contributed by atoms with E-state index >= 15 is 0 Å². The summed E-state index contributed by atoms with van der Waals surface area (Å²) in [7, 11) is 1.79. The second-order valence-corrected chi connectivity index (χ2v) is 4.39. The van der Waals surface area contributed by atoms with Crippen LogP contribution in [-0.2, 0) is 4.74 Å². The fraction of sp³-hybridized carbons (Fsp3) is 1.00. The third-order valence-electron chi connectivity index (χ3n) is 3.24. The Hall–Kier alpha value is -0.0800. The van der Waals surface area contributed by atoms with Crippen molar-refractivity contribution in [2.75, 3.05) is 20.3 Å². The molecule has 0 saturated heterocycles. The first-order chi connectivity index (χ1) is 6.88. The molecule has 0 heterocycles. The second-order valence-electron chi connectivity index (χ2n) is 4.39. The van der Waals surface area contributed by atoms with Crippen molar-refractivity contribution in [2.45, 2.75) is 51.5 Å². The molecule has 1 saturated carbocycles. The molecule has 2 heteroatoms. The third-order valence-corrected chi connectivity index (χ3v) is 3.24. The molecule has 1 fully saturated rings. The Morgan fingerprint density at radius 1 is 1.36 bits per heavy atom. The first-order valence-electron chi connectivity index (χ1n) is 6.10. The highest BCUT2D eigenvalue weighted by molar-refractivity contribution is 4.82. The Morgan fingerprint density at radius 3 is 2.93 bits per heavy atom. The molecule has 0 aromatic carbocycles. The molecular formula is C12H25NO. The zero-order chi connectivity index (χ0) is 10.2. The Bertz CT molecular complexity index is 138. The minimum atomic E-state index is 0.798. The third kappa shape index (κ3) is 3.97. The zero-order valence-electron chi connectivity index (χ0n) is 9.72. The van der Waals surface area contributed by atoms with Gasteiger partial charge in [-0.15, -0.1) is 0 Å². The van der Waals surface area contributed by atoms with Crippen LogP contribution in [0.5, 0.6) is 0 Å². The summed E-state index contributed by atoms with van der Waals surface area (Å²) in [6.07, 6.45) is 8.05. The summed E-state index contributed by atoms with van der Waals surface area (Å²) in [6.45, 7) is 4.35. The number of rotatable bonds is 7. The first kappa shape index (κ1) is 12.0. The summed E-state index contributed by atoms with van der Waals surface area (Å²) in [5.74, 6) is 0.914. The molecule has 0 bridgehead atoms. The highest BCUT2D eigenvalue weighted by Gasteiger charge is 2.25. The van der Waals surface area contributed by atoms with Crippen molar-refractivity contribution < 1.29 is 4.74 Å². The highest BCUT2D eigenvalue weighted by Crippen LogP contribution is 2.29. The number of methoxy groups -OCH3 is 1. The molecule has 1 aliphatic carbocycles. The Kier molecular flexibility index (Phi) is 6.20. The first-order valence-corrected chi connectivity index (χ1v) is 6.10. The Balaban J connectivity index is 2.14. The van der Waals surface area contributed by atoms with Crippen molar-refractivity contribution in [1.82, 2.24) is 5.32 Å². The van der Waals surface area contributed by atoms with Gasteiger partial charge in [0, 0.05) is 19.8 Å². The van der Waals surface area contributed by atoms with Gasteiger partial charge in [0.15, 0.2) is 0 Å². The minimum absolute atomic E-state index is 0.798. The zero-order valence-corrected chi connectivity index (χ0v) is 9.72. The lowest BCUT2D eigenvalue weighted by atomic mass is 9.98. The van der Waals surface area contributed by atoms with Gasteiger partial charge < -0.3 is 10.1 Å². The lowest BCUT2D eigenvalue weighted by Crippen LogP contribution is -2.33. The monoisotopic (exact) mass is 199 g/mol. The molecule has 1 rings (SSSR count). The second kappa shape index (κ2) is 7.24. The lowest BCUT2D eigenvalue weighted by Gasteiger charge is -2.20. The van der Waals surface area contributed by atoms with E-state index in [4.69, 9.17) is 4.74 Å². The SMILES string of the molecule is CCCNC1CCCC1CCCOC. The normalized spacial score (nSPS) is 27.0. The fourth-order valence-corrected chi connectivity index (χ4v) is 2.47. The van der Waals surface area contributed by atoms with Crippen molar-refractivity contribution in [3.8, 4) is 0 Å². The predicted octanol–water partition coefficient (Wildman–Crippen LogP) is 2.58. The number of hydrogen-bond donors (Lipinski definition) is 1. The van der Waals surface area contributed by atoms with Gasteiger partial charge in [-0.2, -0.15) is 0 Å². The van der Waals surface area contributed by atoms with Gasteiger partial charge in [-0.05, 0) is 44.6 Å². The molecule has 14 heavy (non-hydrogen) atoms. The Labute approximate surface area is 88.4 Å². The molecule has 2 atom stereocenters. The van der Waals surface area contributed by atoms with Crippen LogP contribution in [0.3, 0.4) is 0 Å². The number of ether oxygens (including phenoxy) is 1. The maximum absolute atomic E-state index is 5.10. The highest BCUT2D eigenvalue weighted by atomic mass is 16.5. The summed E-state index contributed by atoms with van der Waals surface area (Å²) in [5.41, 5.74) is 0. The summed E-state index contributed by atoms with van der Waals surface area (Å²) in [4.78, 5) is 0. The van der Waals surface area contributed by atoms with Gasteiger partial charge in [0.1, 0.15) is 0 Å². The van der Waals surface area contributed by atoms with Gasteiger partial charge in [0.2, 0.25) is 0 Å². The van der Waals surface area contributed by atoms with Crippen molar-refractivity contribution in [2.24, 2.45) is 5.92 Å². The summed E-state index contributed by atoms with van der Waals surface area (Å²) < 4.78 is 5.10. The van der Waals surface area contributed by atoms with E-state index in [9.17, 15) is 0 Å². The van der Waals surface area contributed by atoms with Crippen LogP contribution in [0, 0.1) is 5.92 Å². The fourth-order valence-electron chi connectivity index (χ4n) is 2.47. The summed E-state index contributed by atoms with van der Waals surface area (Å²) in [5, 5.41) is 3.67. The average molecular weight is 199 g/mol. The molecule has 0 amide bonds. The smallest absolute Gasteiger partial charge is 0.0462 e. The van der Waals surface area contributed by atoms with Crippen LogP contribution in [-0.4, -0.2) is 26.3 Å². The predicted molar refractivity (Wildman–Crippen MR) is 60.5 cm³/mol. The van der Waals surface area contributed by atoms with Crippen molar-refractivity contribution in [1.29, 1.82) is 0 Å². The van der Waals surface area contributed by atoms with Crippen LogP contribution in [0.25, 0.3) is 0 Å². The Morgan fingerprint density at radius 2 is 2.21 bits per heavy atom. The van der Waals surface area contributed by atoms with Crippen LogP contribution in [0.4, 0.5) is 0 Å². The van der Waals surface area contributed by atoms with Crippen LogP contribution in [0.15, 0.2) is 0 Å². The van der Waals surface area contributed by atoms with Gasteiger partial charge >= 0.3 is 0 Å². The number of hydrogen-bond acceptors (Lipinski definition) is 2. The van der Waals surface area contributed by atoms with Crippen molar-refractivity contribution >= 4 is 0 Å². The van der Waals surface area contributed by atoms with E-state index in [0.29, 0.717) is 0 Å². The van der Waals surface area contributed by atoms with Crippen molar-refractivity contribution in [3.05, 3.63) is 0 Å². The molecule has 1 N–H and O–H groups in total. The molecule has 84 valence electrons. The molecule has 2 unspecified atom stereocenters. The van der Waals surface area contributed by atoms with E-state index in [2.05, 4.69) is 12.2 Å². The molecule has 0 aliphatic heterocycles. The topological polar surface area (TPSA) is 21.3 Å². The lowest BCUT2D eigenvalue weighted by molar-refractivity contribution is 0.184.